The Hall–Kier alpha value is -1.62. The highest BCUT2D eigenvalue weighted by atomic mass is 16.1. The summed E-state index contributed by atoms with van der Waals surface area (Å²) in [6, 6.07) is 1.94. The Morgan fingerprint density at radius 2 is 2.24 bits per heavy atom. The average Bonchev–Trinajstić information content (AvgIpc) is 2.28. The van der Waals surface area contributed by atoms with Crippen molar-refractivity contribution in [3.63, 3.8) is 0 Å². The number of nitrogens with two attached hydrogens (primary N) is 1. The molecule has 1 amide bonds. The van der Waals surface area contributed by atoms with Gasteiger partial charge in [0.05, 0.1) is 23.1 Å². The molecule has 17 heavy (non-hydrogen) atoms. The number of carbonyl (C=O) groups is 1. The summed E-state index contributed by atoms with van der Waals surface area (Å²) in [7, 11) is 3.95. The Morgan fingerprint density at radius 3 is 2.82 bits per heavy atom. The zero-order valence-electron chi connectivity index (χ0n) is 10.8. The molecule has 0 aliphatic heterocycles. The molecule has 0 aliphatic carbocycles. The molecule has 5 heteroatoms. The normalized spacial score (nSPS) is 12.5. The minimum Gasteiger partial charge on any atom is -0.397 e. The van der Waals surface area contributed by atoms with Gasteiger partial charge in [0.2, 0.25) is 0 Å². The van der Waals surface area contributed by atoms with Gasteiger partial charge in [-0.1, -0.05) is 0 Å². The van der Waals surface area contributed by atoms with E-state index in [9.17, 15) is 4.79 Å². The molecule has 1 aromatic heterocycles. The first-order valence-electron chi connectivity index (χ1n) is 5.58. The highest BCUT2D eigenvalue weighted by Crippen LogP contribution is 2.09. The summed E-state index contributed by atoms with van der Waals surface area (Å²) in [6.07, 6.45) is 1.55. The number of amides is 1. The van der Waals surface area contributed by atoms with Crippen molar-refractivity contribution in [1.82, 2.24) is 15.2 Å². The Balaban J connectivity index is 2.67. The van der Waals surface area contributed by atoms with Gasteiger partial charge in [0.1, 0.15) is 0 Å². The van der Waals surface area contributed by atoms with Gasteiger partial charge in [-0.3, -0.25) is 9.78 Å². The Labute approximate surface area is 102 Å². The molecule has 1 aromatic rings. The zero-order valence-corrected chi connectivity index (χ0v) is 10.8. The number of nitrogens with one attached hydrogen (secondary N) is 1. The molecule has 1 rings (SSSR count). The smallest absolute Gasteiger partial charge is 0.253 e. The maximum atomic E-state index is 11.9. The highest BCUT2D eigenvalue weighted by Gasteiger charge is 2.12. The van der Waals surface area contributed by atoms with Gasteiger partial charge >= 0.3 is 0 Å². The van der Waals surface area contributed by atoms with Crippen molar-refractivity contribution in [2.24, 2.45) is 0 Å². The van der Waals surface area contributed by atoms with Gasteiger partial charge in [-0.15, -0.1) is 0 Å². The number of rotatable bonds is 4. The molecule has 0 bridgehead atoms. The van der Waals surface area contributed by atoms with Gasteiger partial charge in [0.25, 0.3) is 5.91 Å². The molecular formula is C12H20N4O. The van der Waals surface area contributed by atoms with Crippen LogP contribution in [0.3, 0.4) is 0 Å². The van der Waals surface area contributed by atoms with E-state index in [0.717, 1.165) is 0 Å². The van der Waals surface area contributed by atoms with E-state index in [-0.39, 0.29) is 11.9 Å². The van der Waals surface area contributed by atoms with Crippen molar-refractivity contribution < 1.29 is 4.79 Å². The second-order valence-corrected chi connectivity index (χ2v) is 4.42. The van der Waals surface area contributed by atoms with Crippen molar-refractivity contribution in [3.05, 3.63) is 23.5 Å². The van der Waals surface area contributed by atoms with E-state index in [0.29, 0.717) is 23.5 Å². The fraction of sp³-hybridized carbons (Fsp3) is 0.500. The third kappa shape index (κ3) is 3.71. The van der Waals surface area contributed by atoms with Crippen LogP contribution >= 0.6 is 0 Å². The first-order chi connectivity index (χ1) is 7.91. The van der Waals surface area contributed by atoms with Crippen molar-refractivity contribution in [2.75, 3.05) is 26.4 Å². The van der Waals surface area contributed by atoms with E-state index in [1.807, 2.05) is 25.9 Å². The van der Waals surface area contributed by atoms with Gasteiger partial charge < -0.3 is 16.0 Å². The van der Waals surface area contributed by atoms with Crippen LogP contribution in [0.15, 0.2) is 12.3 Å². The summed E-state index contributed by atoms with van der Waals surface area (Å²) in [5.74, 6) is -0.129. The number of hydrogen-bond donors (Lipinski definition) is 2. The molecule has 3 N–H and O–H groups in total. The largest absolute Gasteiger partial charge is 0.397 e. The molecule has 1 unspecified atom stereocenters. The van der Waals surface area contributed by atoms with E-state index < -0.39 is 0 Å². The van der Waals surface area contributed by atoms with Crippen LogP contribution in [0, 0.1) is 6.92 Å². The van der Waals surface area contributed by atoms with Crippen LogP contribution in [-0.4, -0.2) is 42.5 Å². The maximum Gasteiger partial charge on any atom is 0.253 e. The summed E-state index contributed by atoms with van der Waals surface area (Å²) in [4.78, 5) is 18.0. The van der Waals surface area contributed by atoms with E-state index in [2.05, 4.69) is 10.3 Å². The monoisotopic (exact) mass is 236 g/mol. The molecule has 0 aromatic carbocycles. The Bertz CT molecular complexity index is 403. The molecule has 1 atom stereocenters. The lowest BCUT2D eigenvalue weighted by atomic mass is 10.1. The van der Waals surface area contributed by atoms with E-state index in [1.54, 1.807) is 19.2 Å². The Morgan fingerprint density at radius 1 is 1.59 bits per heavy atom. The number of aromatic nitrogens is 1. The zero-order chi connectivity index (χ0) is 13.0. The summed E-state index contributed by atoms with van der Waals surface area (Å²) in [6.45, 7) is 4.44. The molecule has 94 valence electrons. The third-order valence-electron chi connectivity index (χ3n) is 2.79. The minimum absolute atomic E-state index is 0.129. The van der Waals surface area contributed by atoms with Crippen molar-refractivity contribution >= 4 is 11.6 Å². The number of pyridine rings is 1. The van der Waals surface area contributed by atoms with Crippen LogP contribution in [0.25, 0.3) is 0 Å². The van der Waals surface area contributed by atoms with E-state index >= 15 is 0 Å². The molecule has 0 saturated heterocycles. The predicted molar refractivity (Wildman–Crippen MR) is 68.9 cm³/mol. The highest BCUT2D eigenvalue weighted by molar-refractivity contribution is 5.95. The lowest BCUT2D eigenvalue weighted by Crippen LogP contribution is -2.38. The van der Waals surface area contributed by atoms with Gasteiger partial charge in [0.15, 0.2) is 0 Å². The third-order valence-corrected chi connectivity index (χ3v) is 2.79. The topological polar surface area (TPSA) is 71.2 Å². The number of hydrogen-bond acceptors (Lipinski definition) is 4. The number of nitrogen functional groups attached to an aromatic ring is 1. The van der Waals surface area contributed by atoms with Crippen LogP contribution in [0.5, 0.6) is 0 Å². The molecule has 0 spiro atoms. The predicted octanol–water partition coefficient (Wildman–Crippen LogP) is 0.652. The van der Waals surface area contributed by atoms with Crippen molar-refractivity contribution in [2.45, 2.75) is 19.9 Å². The van der Waals surface area contributed by atoms with Crippen LogP contribution < -0.4 is 11.1 Å². The molecule has 0 aliphatic rings. The second kappa shape index (κ2) is 5.63. The molecule has 0 fully saturated rings. The lowest BCUT2D eigenvalue weighted by Gasteiger charge is -2.20. The number of nitrogens with zero attached hydrogens (tertiary/aromatic N) is 2. The van der Waals surface area contributed by atoms with E-state index in [4.69, 9.17) is 5.73 Å². The Kier molecular flexibility index (Phi) is 4.45. The summed E-state index contributed by atoms with van der Waals surface area (Å²) < 4.78 is 0. The van der Waals surface area contributed by atoms with Gasteiger partial charge in [-0.2, -0.15) is 0 Å². The minimum atomic E-state index is -0.129. The fourth-order valence-electron chi connectivity index (χ4n) is 1.30. The van der Waals surface area contributed by atoms with Gasteiger partial charge in [0, 0.05) is 12.6 Å². The summed E-state index contributed by atoms with van der Waals surface area (Å²) in [5, 5.41) is 2.87. The first kappa shape index (κ1) is 13.4. The average molecular weight is 236 g/mol. The van der Waals surface area contributed by atoms with E-state index in [1.165, 1.54) is 0 Å². The second-order valence-electron chi connectivity index (χ2n) is 4.42. The number of aryl methyl sites for hydroxylation is 1. The van der Waals surface area contributed by atoms with Crippen molar-refractivity contribution in [1.29, 1.82) is 0 Å². The lowest BCUT2D eigenvalue weighted by molar-refractivity contribution is 0.0942. The van der Waals surface area contributed by atoms with Crippen LogP contribution in [0.4, 0.5) is 5.69 Å². The van der Waals surface area contributed by atoms with Gasteiger partial charge in [-0.05, 0) is 34.0 Å². The van der Waals surface area contributed by atoms with Crippen LogP contribution in [-0.2, 0) is 0 Å². The van der Waals surface area contributed by atoms with Crippen LogP contribution in [0.2, 0.25) is 0 Å². The van der Waals surface area contributed by atoms with Gasteiger partial charge in [-0.25, -0.2) is 0 Å². The number of carbonyl (C=O) groups excluding carboxylic acids is 1. The first-order valence-corrected chi connectivity index (χ1v) is 5.58. The number of anilines is 1. The summed E-state index contributed by atoms with van der Waals surface area (Å²) >= 11 is 0. The SMILES string of the molecule is Cc1ncc(N)cc1C(=O)NCC(C)N(C)C. The summed E-state index contributed by atoms with van der Waals surface area (Å²) in [5.41, 5.74) is 7.35. The standard InChI is InChI=1S/C12H20N4O/c1-8(16(3)4)6-15-12(17)11-5-10(13)7-14-9(11)2/h5,7-8H,6,13H2,1-4H3,(H,15,17). The molecule has 5 nitrogen and oxygen atoms in total. The van der Waals surface area contributed by atoms with Crippen molar-refractivity contribution in [3.8, 4) is 0 Å². The quantitative estimate of drug-likeness (QED) is 0.805. The molecule has 1 heterocycles. The number of likely N-dealkylation sites (N-methyl/N-ethyl adjacent to an activating group) is 1. The molecule has 0 radical (unpaired) electrons. The fourth-order valence-corrected chi connectivity index (χ4v) is 1.30. The maximum absolute atomic E-state index is 11.9. The molecular weight excluding hydrogens is 216 g/mol. The van der Waals surface area contributed by atoms with Crippen LogP contribution in [0.1, 0.15) is 23.0 Å². The molecule has 0 saturated carbocycles.